The number of aliphatic hydroxyl groups is 2. The van der Waals surface area contributed by atoms with E-state index in [-0.39, 0.29) is 24.3 Å². The molecule has 2 aliphatic carbocycles. The van der Waals surface area contributed by atoms with E-state index in [0.29, 0.717) is 0 Å². The van der Waals surface area contributed by atoms with E-state index in [1.54, 1.807) is 0 Å². The fourth-order valence-corrected chi connectivity index (χ4v) is 2.45. The molecule has 2 aliphatic rings. The Bertz CT molecular complexity index is 174. The van der Waals surface area contributed by atoms with Gasteiger partial charge in [-0.05, 0) is 38.5 Å². The molecule has 13 heavy (non-hydrogen) atoms. The Kier molecular flexibility index (Phi) is 2.58. The minimum Gasteiger partial charge on any atom is -0.394 e. The van der Waals surface area contributed by atoms with Gasteiger partial charge in [0, 0.05) is 11.6 Å². The number of aliphatic hydroxyl groups excluding tert-OH is 2. The van der Waals surface area contributed by atoms with Crippen LogP contribution in [0.25, 0.3) is 0 Å². The zero-order valence-corrected chi connectivity index (χ0v) is 8.00. The molecular formula is C10H19NO2. The van der Waals surface area contributed by atoms with Crippen LogP contribution in [-0.4, -0.2) is 34.5 Å². The fourth-order valence-electron chi connectivity index (χ4n) is 2.45. The lowest BCUT2D eigenvalue weighted by Gasteiger charge is -2.43. The van der Waals surface area contributed by atoms with E-state index in [4.69, 9.17) is 0 Å². The van der Waals surface area contributed by atoms with Crippen LogP contribution in [0, 0.1) is 0 Å². The Labute approximate surface area is 79.2 Å². The third kappa shape index (κ3) is 1.73. The minimum absolute atomic E-state index is 0.0456. The van der Waals surface area contributed by atoms with Crippen molar-refractivity contribution in [1.82, 2.24) is 5.32 Å². The van der Waals surface area contributed by atoms with Crippen LogP contribution in [0.3, 0.4) is 0 Å². The number of rotatable bonds is 3. The van der Waals surface area contributed by atoms with E-state index in [0.717, 1.165) is 32.1 Å². The van der Waals surface area contributed by atoms with E-state index in [1.807, 2.05) is 0 Å². The molecule has 0 aromatic heterocycles. The first kappa shape index (κ1) is 9.44. The first-order valence-corrected chi connectivity index (χ1v) is 5.32. The summed E-state index contributed by atoms with van der Waals surface area (Å²) in [5.41, 5.74) is -0.0456. The van der Waals surface area contributed by atoms with Crippen LogP contribution in [-0.2, 0) is 0 Å². The molecule has 0 aromatic rings. The van der Waals surface area contributed by atoms with E-state index in [9.17, 15) is 10.2 Å². The van der Waals surface area contributed by atoms with Gasteiger partial charge in [-0.1, -0.05) is 0 Å². The van der Waals surface area contributed by atoms with Crippen molar-refractivity contribution in [3.05, 3.63) is 0 Å². The van der Waals surface area contributed by atoms with Gasteiger partial charge in [-0.3, -0.25) is 0 Å². The lowest BCUT2D eigenvalue weighted by atomic mass is 9.76. The molecule has 0 heterocycles. The Morgan fingerprint density at radius 2 is 2.00 bits per heavy atom. The molecule has 0 spiro atoms. The molecule has 0 aliphatic heterocycles. The normalized spacial score (nSPS) is 37.4. The Balaban J connectivity index is 1.88. The predicted molar refractivity (Wildman–Crippen MR) is 50.4 cm³/mol. The van der Waals surface area contributed by atoms with Crippen LogP contribution < -0.4 is 5.32 Å². The SMILES string of the molecule is OCC1(N[C@@H]2CCC[C@H]2O)CCC1. The fraction of sp³-hybridized carbons (Fsp3) is 1.00. The summed E-state index contributed by atoms with van der Waals surface area (Å²) in [5, 5.41) is 22.3. The molecule has 3 heteroatoms. The van der Waals surface area contributed by atoms with Gasteiger partial charge in [0.1, 0.15) is 0 Å². The van der Waals surface area contributed by atoms with Crippen molar-refractivity contribution in [2.24, 2.45) is 0 Å². The summed E-state index contributed by atoms with van der Waals surface area (Å²) in [6, 6.07) is 0.229. The Hall–Kier alpha value is -0.120. The summed E-state index contributed by atoms with van der Waals surface area (Å²) in [6.07, 6.45) is 6.22. The average Bonchev–Trinajstić information content (AvgIpc) is 2.44. The van der Waals surface area contributed by atoms with Gasteiger partial charge in [0.2, 0.25) is 0 Å². The van der Waals surface area contributed by atoms with Crippen LogP contribution in [0.2, 0.25) is 0 Å². The van der Waals surface area contributed by atoms with Crippen LogP contribution in [0.4, 0.5) is 0 Å². The second-order valence-corrected chi connectivity index (χ2v) is 4.54. The quantitative estimate of drug-likeness (QED) is 0.596. The first-order valence-electron chi connectivity index (χ1n) is 5.32. The molecule has 2 saturated carbocycles. The van der Waals surface area contributed by atoms with Crippen LogP contribution in [0.5, 0.6) is 0 Å². The summed E-state index contributed by atoms with van der Waals surface area (Å²) in [4.78, 5) is 0. The highest BCUT2D eigenvalue weighted by Crippen LogP contribution is 2.33. The lowest BCUT2D eigenvalue weighted by Crippen LogP contribution is -2.59. The monoisotopic (exact) mass is 185 g/mol. The largest absolute Gasteiger partial charge is 0.394 e. The van der Waals surface area contributed by atoms with Gasteiger partial charge in [-0.15, -0.1) is 0 Å². The molecule has 2 atom stereocenters. The van der Waals surface area contributed by atoms with E-state index < -0.39 is 0 Å². The van der Waals surface area contributed by atoms with Gasteiger partial charge >= 0.3 is 0 Å². The second-order valence-electron chi connectivity index (χ2n) is 4.54. The molecule has 0 bridgehead atoms. The summed E-state index contributed by atoms with van der Waals surface area (Å²) in [5.74, 6) is 0. The van der Waals surface area contributed by atoms with Crippen molar-refractivity contribution in [2.45, 2.75) is 56.2 Å². The average molecular weight is 185 g/mol. The maximum absolute atomic E-state index is 9.62. The second kappa shape index (κ2) is 3.56. The van der Waals surface area contributed by atoms with Crippen molar-refractivity contribution in [3.63, 3.8) is 0 Å². The minimum atomic E-state index is -0.191. The molecule has 0 radical (unpaired) electrons. The molecule has 3 nitrogen and oxygen atoms in total. The highest BCUT2D eigenvalue weighted by atomic mass is 16.3. The Morgan fingerprint density at radius 1 is 1.23 bits per heavy atom. The molecule has 76 valence electrons. The zero-order chi connectivity index (χ0) is 9.31. The van der Waals surface area contributed by atoms with Crippen molar-refractivity contribution < 1.29 is 10.2 Å². The van der Waals surface area contributed by atoms with E-state index >= 15 is 0 Å². The van der Waals surface area contributed by atoms with Crippen LogP contribution in [0.1, 0.15) is 38.5 Å². The smallest absolute Gasteiger partial charge is 0.0693 e. The third-order valence-corrected chi connectivity index (χ3v) is 3.58. The third-order valence-electron chi connectivity index (χ3n) is 3.58. The lowest BCUT2D eigenvalue weighted by molar-refractivity contribution is 0.0504. The molecule has 0 aromatic carbocycles. The topological polar surface area (TPSA) is 52.5 Å². The summed E-state index contributed by atoms with van der Waals surface area (Å²) >= 11 is 0. The predicted octanol–water partition coefficient (Wildman–Crippen LogP) is 0.404. The van der Waals surface area contributed by atoms with E-state index in [2.05, 4.69) is 5.32 Å². The standard InChI is InChI=1S/C10H19NO2/c12-7-10(5-2-6-10)11-8-3-1-4-9(8)13/h8-9,11-13H,1-7H2/t8-,9-/m1/s1. The van der Waals surface area contributed by atoms with Crippen molar-refractivity contribution in [2.75, 3.05) is 6.61 Å². The van der Waals surface area contributed by atoms with Gasteiger partial charge in [-0.25, -0.2) is 0 Å². The van der Waals surface area contributed by atoms with Gasteiger partial charge in [0.25, 0.3) is 0 Å². The maximum atomic E-state index is 9.62. The summed E-state index contributed by atoms with van der Waals surface area (Å²) < 4.78 is 0. The molecule has 0 saturated heterocycles. The zero-order valence-electron chi connectivity index (χ0n) is 8.00. The van der Waals surface area contributed by atoms with Gasteiger partial charge in [0.05, 0.1) is 12.7 Å². The number of hydrogen-bond acceptors (Lipinski definition) is 3. The number of hydrogen-bond donors (Lipinski definition) is 3. The van der Waals surface area contributed by atoms with Gasteiger partial charge < -0.3 is 15.5 Å². The van der Waals surface area contributed by atoms with Crippen molar-refractivity contribution in [3.8, 4) is 0 Å². The Morgan fingerprint density at radius 3 is 2.38 bits per heavy atom. The molecule has 0 amide bonds. The molecule has 3 N–H and O–H groups in total. The van der Waals surface area contributed by atoms with Crippen molar-refractivity contribution in [1.29, 1.82) is 0 Å². The van der Waals surface area contributed by atoms with Gasteiger partial charge in [0.15, 0.2) is 0 Å². The highest BCUT2D eigenvalue weighted by molar-refractivity contribution is 4.99. The molecular weight excluding hydrogens is 166 g/mol. The maximum Gasteiger partial charge on any atom is 0.0693 e. The first-order chi connectivity index (χ1) is 6.26. The molecule has 2 fully saturated rings. The molecule has 0 unspecified atom stereocenters. The van der Waals surface area contributed by atoms with E-state index in [1.165, 1.54) is 6.42 Å². The highest BCUT2D eigenvalue weighted by Gasteiger charge is 2.40. The van der Waals surface area contributed by atoms with Crippen LogP contribution >= 0.6 is 0 Å². The summed E-state index contributed by atoms with van der Waals surface area (Å²) in [7, 11) is 0. The van der Waals surface area contributed by atoms with Crippen LogP contribution in [0.15, 0.2) is 0 Å². The summed E-state index contributed by atoms with van der Waals surface area (Å²) in [6.45, 7) is 0.218. The van der Waals surface area contributed by atoms with Crippen molar-refractivity contribution >= 4 is 0 Å². The molecule has 2 rings (SSSR count). The number of nitrogens with one attached hydrogen (secondary N) is 1. The van der Waals surface area contributed by atoms with Gasteiger partial charge in [-0.2, -0.15) is 0 Å².